The lowest BCUT2D eigenvalue weighted by atomic mass is 10.0. The molecule has 5 nitrogen and oxygen atoms in total. The Hall–Kier alpha value is -1.05. The van der Waals surface area contributed by atoms with E-state index in [1.54, 1.807) is 12.1 Å². The maximum absolute atomic E-state index is 12.4. The van der Waals surface area contributed by atoms with E-state index in [4.69, 9.17) is 0 Å². The average molecular weight is 329 g/mol. The number of methoxy groups -OCH3 is 1. The molecule has 116 valence electrons. The van der Waals surface area contributed by atoms with Gasteiger partial charge in [0.25, 0.3) is 0 Å². The first kappa shape index (κ1) is 16.3. The molecule has 1 saturated heterocycles. The summed E-state index contributed by atoms with van der Waals surface area (Å²) in [7, 11) is -2.47. The minimum atomic E-state index is -3.70. The van der Waals surface area contributed by atoms with Gasteiger partial charge in [-0.1, -0.05) is 12.1 Å². The van der Waals surface area contributed by atoms with Crippen LogP contribution in [0.5, 0.6) is 0 Å². The van der Waals surface area contributed by atoms with Crippen molar-refractivity contribution in [1.29, 1.82) is 0 Å². The smallest absolute Gasteiger partial charge is 0.339 e. The van der Waals surface area contributed by atoms with E-state index in [-0.39, 0.29) is 10.5 Å². The minimum Gasteiger partial charge on any atom is -0.465 e. The van der Waals surface area contributed by atoms with E-state index in [1.807, 2.05) is 11.8 Å². The molecule has 0 saturated carbocycles. The molecule has 0 unspecified atom stereocenters. The van der Waals surface area contributed by atoms with Gasteiger partial charge in [0, 0.05) is 6.54 Å². The highest BCUT2D eigenvalue weighted by molar-refractivity contribution is 7.99. The van der Waals surface area contributed by atoms with E-state index in [9.17, 15) is 13.2 Å². The zero-order valence-corrected chi connectivity index (χ0v) is 13.5. The molecule has 1 N–H and O–H groups in total. The van der Waals surface area contributed by atoms with Crippen LogP contribution < -0.4 is 4.72 Å². The van der Waals surface area contributed by atoms with E-state index in [2.05, 4.69) is 9.46 Å². The predicted octanol–water partition coefficient (Wildman–Crippen LogP) is 1.89. The number of nitrogens with one attached hydrogen (secondary N) is 1. The van der Waals surface area contributed by atoms with Crippen LogP contribution in [-0.4, -0.2) is 39.5 Å². The summed E-state index contributed by atoms with van der Waals surface area (Å²) in [6.45, 7) is 0.415. The molecule has 0 radical (unpaired) electrons. The average Bonchev–Trinajstić information content (AvgIpc) is 2.53. The third kappa shape index (κ3) is 4.21. The highest BCUT2D eigenvalue weighted by Crippen LogP contribution is 2.23. The number of esters is 1. The summed E-state index contributed by atoms with van der Waals surface area (Å²) >= 11 is 1.90. The fourth-order valence-corrected chi connectivity index (χ4v) is 4.75. The van der Waals surface area contributed by atoms with Crippen molar-refractivity contribution in [1.82, 2.24) is 4.72 Å². The molecule has 7 heteroatoms. The molecule has 2 rings (SSSR count). The summed E-state index contributed by atoms with van der Waals surface area (Å²) in [5, 5.41) is 0. The van der Waals surface area contributed by atoms with Gasteiger partial charge in [-0.3, -0.25) is 0 Å². The van der Waals surface area contributed by atoms with Crippen LogP contribution in [0.25, 0.3) is 0 Å². The van der Waals surface area contributed by atoms with Crippen LogP contribution >= 0.6 is 11.8 Å². The van der Waals surface area contributed by atoms with Gasteiger partial charge in [-0.15, -0.1) is 0 Å². The fourth-order valence-electron chi connectivity index (χ4n) is 2.24. The summed E-state index contributed by atoms with van der Waals surface area (Å²) in [6, 6.07) is 6.09. The molecule has 0 amide bonds. The Morgan fingerprint density at radius 3 is 2.67 bits per heavy atom. The number of rotatable bonds is 5. The topological polar surface area (TPSA) is 72.5 Å². The monoisotopic (exact) mass is 329 g/mol. The quantitative estimate of drug-likeness (QED) is 0.835. The number of benzene rings is 1. The summed E-state index contributed by atoms with van der Waals surface area (Å²) in [6.07, 6.45) is 2.04. The van der Waals surface area contributed by atoms with Crippen LogP contribution in [0.1, 0.15) is 23.2 Å². The molecule has 1 heterocycles. The third-order valence-corrected chi connectivity index (χ3v) is 6.02. The number of ether oxygens (including phenoxy) is 1. The lowest BCUT2D eigenvalue weighted by Gasteiger charge is -2.21. The van der Waals surface area contributed by atoms with Gasteiger partial charge >= 0.3 is 5.97 Å². The van der Waals surface area contributed by atoms with Gasteiger partial charge in [-0.2, -0.15) is 11.8 Å². The standard InChI is InChI=1S/C14H19NO4S2/c1-19-14(16)12-4-2-3-5-13(12)21(17,18)15-10-11-6-8-20-9-7-11/h2-5,11,15H,6-10H2,1H3. The fraction of sp³-hybridized carbons (Fsp3) is 0.500. The molecule has 21 heavy (non-hydrogen) atoms. The van der Waals surface area contributed by atoms with Crippen LogP contribution in [0, 0.1) is 5.92 Å². The number of sulfonamides is 1. The summed E-state index contributed by atoms with van der Waals surface area (Å²) in [5.41, 5.74) is 0.0618. The molecule has 1 aromatic carbocycles. The van der Waals surface area contributed by atoms with E-state index < -0.39 is 16.0 Å². The van der Waals surface area contributed by atoms with Crippen molar-refractivity contribution in [2.45, 2.75) is 17.7 Å². The van der Waals surface area contributed by atoms with E-state index in [0.29, 0.717) is 12.5 Å². The molecule has 0 bridgehead atoms. The van der Waals surface area contributed by atoms with Crippen LogP contribution in [0.15, 0.2) is 29.2 Å². The van der Waals surface area contributed by atoms with E-state index in [0.717, 1.165) is 24.3 Å². The maximum Gasteiger partial charge on any atom is 0.339 e. The number of hydrogen-bond acceptors (Lipinski definition) is 5. The SMILES string of the molecule is COC(=O)c1ccccc1S(=O)(=O)NCC1CCSCC1. The Labute approximate surface area is 129 Å². The lowest BCUT2D eigenvalue weighted by molar-refractivity contribution is 0.0596. The van der Waals surface area contributed by atoms with Gasteiger partial charge in [0.15, 0.2) is 0 Å². The zero-order valence-electron chi connectivity index (χ0n) is 11.9. The first-order valence-electron chi connectivity index (χ1n) is 6.79. The van der Waals surface area contributed by atoms with Crippen molar-refractivity contribution < 1.29 is 17.9 Å². The van der Waals surface area contributed by atoms with E-state index in [1.165, 1.54) is 19.2 Å². The predicted molar refractivity (Wildman–Crippen MR) is 83.0 cm³/mol. The van der Waals surface area contributed by atoms with Crippen molar-refractivity contribution in [3.8, 4) is 0 Å². The molecule has 0 atom stereocenters. The summed E-state index contributed by atoms with van der Waals surface area (Å²) in [5.74, 6) is 1.87. The van der Waals surface area contributed by atoms with Gasteiger partial charge in [-0.25, -0.2) is 17.9 Å². The Balaban J connectivity index is 2.13. The second-order valence-corrected chi connectivity index (χ2v) is 7.86. The zero-order chi connectivity index (χ0) is 15.3. The van der Waals surface area contributed by atoms with Crippen LogP contribution in [-0.2, 0) is 14.8 Å². The van der Waals surface area contributed by atoms with Gasteiger partial charge in [-0.05, 0) is 42.4 Å². The summed E-state index contributed by atoms with van der Waals surface area (Å²) < 4.78 is 32.0. The first-order chi connectivity index (χ1) is 10.0. The molecular formula is C14H19NO4S2. The first-order valence-corrected chi connectivity index (χ1v) is 9.43. The minimum absolute atomic E-state index is 0.0259. The highest BCUT2D eigenvalue weighted by Gasteiger charge is 2.24. The Morgan fingerprint density at radius 2 is 2.00 bits per heavy atom. The van der Waals surface area contributed by atoms with Crippen molar-refractivity contribution in [3.63, 3.8) is 0 Å². The largest absolute Gasteiger partial charge is 0.465 e. The molecule has 1 fully saturated rings. The van der Waals surface area contributed by atoms with Gasteiger partial charge in [0.2, 0.25) is 10.0 Å². The maximum atomic E-state index is 12.4. The van der Waals surface area contributed by atoms with Gasteiger partial charge < -0.3 is 4.74 Å². The molecule has 1 aliphatic rings. The highest BCUT2D eigenvalue weighted by atomic mass is 32.2. The third-order valence-electron chi connectivity index (χ3n) is 3.48. The summed E-state index contributed by atoms with van der Waals surface area (Å²) in [4.78, 5) is 11.6. The van der Waals surface area contributed by atoms with Crippen molar-refractivity contribution in [3.05, 3.63) is 29.8 Å². The Bertz CT molecular complexity index is 595. The van der Waals surface area contributed by atoms with Gasteiger partial charge in [0.1, 0.15) is 0 Å². The van der Waals surface area contributed by atoms with Crippen LogP contribution in [0.3, 0.4) is 0 Å². The molecule has 1 aliphatic heterocycles. The molecule has 1 aromatic rings. The second-order valence-electron chi connectivity index (χ2n) is 4.90. The molecule has 0 aromatic heterocycles. The number of carbonyl (C=O) groups is 1. The van der Waals surface area contributed by atoms with Crippen molar-refractivity contribution in [2.24, 2.45) is 5.92 Å². The lowest BCUT2D eigenvalue weighted by Crippen LogP contribution is -2.32. The van der Waals surface area contributed by atoms with Gasteiger partial charge in [0.05, 0.1) is 17.6 Å². The Morgan fingerprint density at radius 1 is 1.33 bits per heavy atom. The van der Waals surface area contributed by atoms with Crippen LogP contribution in [0.4, 0.5) is 0 Å². The van der Waals surface area contributed by atoms with E-state index >= 15 is 0 Å². The van der Waals surface area contributed by atoms with Crippen LogP contribution in [0.2, 0.25) is 0 Å². The number of carbonyl (C=O) groups excluding carboxylic acids is 1. The molecule has 0 spiro atoms. The number of thioether (sulfide) groups is 1. The number of hydrogen-bond donors (Lipinski definition) is 1. The Kier molecular flexibility index (Phi) is 5.66. The molecule has 0 aliphatic carbocycles. The second kappa shape index (κ2) is 7.29. The normalized spacial score (nSPS) is 16.6. The molecular weight excluding hydrogens is 310 g/mol. The van der Waals surface area contributed by atoms with Crippen molar-refractivity contribution >= 4 is 27.8 Å². The van der Waals surface area contributed by atoms with Crippen molar-refractivity contribution in [2.75, 3.05) is 25.2 Å².